The molecular formula is C11H22N4O3. The maximum Gasteiger partial charge on any atom is 0.242 e. The van der Waals surface area contributed by atoms with Crippen molar-refractivity contribution in [1.82, 2.24) is 10.6 Å². The first-order chi connectivity index (χ1) is 8.33. The fourth-order valence-corrected chi connectivity index (χ4v) is 1.37. The molecule has 0 saturated heterocycles. The molecule has 7 nitrogen and oxygen atoms in total. The van der Waals surface area contributed by atoms with Gasteiger partial charge in [-0.05, 0) is 12.8 Å². The van der Waals surface area contributed by atoms with Crippen LogP contribution in [0.25, 0.3) is 0 Å². The Morgan fingerprint density at radius 2 is 1.72 bits per heavy atom. The fraction of sp³-hybridized carbons (Fsp3) is 0.727. The average Bonchev–Trinajstić information content (AvgIpc) is 2.33. The quantitative estimate of drug-likeness (QED) is 0.441. The third kappa shape index (κ3) is 5.13. The lowest BCUT2D eigenvalue weighted by molar-refractivity contribution is -0.131. The number of carbonyl (C=O) groups excluding carboxylic acids is 3. The Labute approximate surface area is 107 Å². The molecule has 0 aromatic heterocycles. The second-order valence-electron chi connectivity index (χ2n) is 4.27. The van der Waals surface area contributed by atoms with Crippen molar-refractivity contribution in [2.24, 2.45) is 17.4 Å². The summed E-state index contributed by atoms with van der Waals surface area (Å²) in [5.74, 6) is -1.54. The minimum atomic E-state index is -0.757. The van der Waals surface area contributed by atoms with Gasteiger partial charge in [0.05, 0.1) is 6.54 Å². The first-order valence-corrected chi connectivity index (χ1v) is 5.92. The van der Waals surface area contributed by atoms with E-state index in [2.05, 4.69) is 10.6 Å². The Balaban J connectivity index is 4.50. The van der Waals surface area contributed by atoms with Crippen molar-refractivity contribution in [1.29, 1.82) is 0 Å². The number of hydrogen-bond acceptors (Lipinski definition) is 4. The number of amides is 3. The van der Waals surface area contributed by atoms with Gasteiger partial charge in [-0.2, -0.15) is 0 Å². The van der Waals surface area contributed by atoms with Crippen LogP contribution in [0.3, 0.4) is 0 Å². The van der Waals surface area contributed by atoms with Crippen LogP contribution < -0.4 is 22.1 Å². The lowest BCUT2D eigenvalue weighted by atomic mass is 9.98. The van der Waals surface area contributed by atoms with E-state index in [-0.39, 0.29) is 12.5 Å². The van der Waals surface area contributed by atoms with E-state index in [0.717, 1.165) is 0 Å². The van der Waals surface area contributed by atoms with Crippen LogP contribution >= 0.6 is 0 Å². The van der Waals surface area contributed by atoms with Gasteiger partial charge in [-0.1, -0.05) is 20.3 Å². The van der Waals surface area contributed by atoms with Gasteiger partial charge in [-0.25, -0.2) is 0 Å². The summed E-state index contributed by atoms with van der Waals surface area (Å²) < 4.78 is 0. The fourth-order valence-electron chi connectivity index (χ4n) is 1.37. The summed E-state index contributed by atoms with van der Waals surface area (Å²) in [4.78, 5) is 34.0. The Morgan fingerprint density at radius 1 is 1.17 bits per heavy atom. The van der Waals surface area contributed by atoms with Crippen LogP contribution in [0.15, 0.2) is 0 Å². The summed E-state index contributed by atoms with van der Waals surface area (Å²) in [7, 11) is 0. The van der Waals surface area contributed by atoms with E-state index in [4.69, 9.17) is 11.5 Å². The number of primary amides is 1. The van der Waals surface area contributed by atoms with Gasteiger partial charge in [0.25, 0.3) is 0 Å². The zero-order valence-electron chi connectivity index (χ0n) is 11.0. The van der Waals surface area contributed by atoms with E-state index in [1.54, 1.807) is 0 Å². The topological polar surface area (TPSA) is 127 Å². The van der Waals surface area contributed by atoms with Crippen LogP contribution in [-0.2, 0) is 14.4 Å². The summed E-state index contributed by atoms with van der Waals surface area (Å²) >= 11 is 0. The van der Waals surface area contributed by atoms with Crippen molar-refractivity contribution < 1.29 is 14.4 Å². The van der Waals surface area contributed by atoms with E-state index >= 15 is 0 Å². The number of rotatable bonds is 7. The SMILES string of the molecule is CC[C@H](C)[C@@H](NC(=O)[C@H](C)NC(=O)CN)C(N)=O. The second kappa shape index (κ2) is 7.65. The molecule has 18 heavy (non-hydrogen) atoms. The largest absolute Gasteiger partial charge is 0.368 e. The molecule has 0 aliphatic rings. The second-order valence-corrected chi connectivity index (χ2v) is 4.27. The Morgan fingerprint density at radius 3 is 2.11 bits per heavy atom. The van der Waals surface area contributed by atoms with Crippen molar-refractivity contribution in [2.75, 3.05) is 6.54 Å². The van der Waals surface area contributed by atoms with E-state index in [9.17, 15) is 14.4 Å². The molecule has 0 saturated carbocycles. The predicted octanol–water partition coefficient (Wildman–Crippen LogP) is -1.53. The van der Waals surface area contributed by atoms with Crippen LogP contribution in [0.1, 0.15) is 27.2 Å². The Hall–Kier alpha value is -1.63. The van der Waals surface area contributed by atoms with Crippen molar-refractivity contribution in [3.8, 4) is 0 Å². The molecular weight excluding hydrogens is 236 g/mol. The summed E-state index contributed by atoms with van der Waals surface area (Å²) in [6, 6.07) is -1.49. The monoisotopic (exact) mass is 258 g/mol. The third-order valence-electron chi connectivity index (χ3n) is 2.77. The number of hydrogen-bond donors (Lipinski definition) is 4. The van der Waals surface area contributed by atoms with E-state index < -0.39 is 29.8 Å². The van der Waals surface area contributed by atoms with Gasteiger partial charge in [0.15, 0.2) is 0 Å². The number of nitrogens with one attached hydrogen (secondary N) is 2. The Bertz CT molecular complexity index is 319. The van der Waals surface area contributed by atoms with Gasteiger partial charge in [0.2, 0.25) is 17.7 Å². The van der Waals surface area contributed by atoms with Crippen LogP contribution in [0.2, 0.25) is 0 Å². The number of carbonyl (C=O) groups is 3. The van der Waals surface area contributed by atoms with Gasteiger partial charge < -0.3 is 22.1 Å². The first-order valence-electron chi connectivity index (χ1n) is 5.92. The van der Waals surface area contributed by atoms with Crippen molar-refractivity contribution in [2.45, 2.75) is 39.3 Å². The zero-order chi connectivity index (χ0) is 14.3. The standard InChI is InChI=1S/C11H22N4O3/c1-4-6(2)9(10(13)17)15-11(18)7(3)14-8(16)5-12/h6-7,9H,4-5,12H2,1-3H3,(H2,13,17)(H,14,16)(H,15,18)/t6-,7-,9+/m0/s1. The van der Waals surface area contributed by atoms with Crippen LogP contribution in [0, 0.1) is 5.92 Å². The van der Waals surface area contributed by atoms with Gasteiger partial charge in [0, 0.05) is 0 Å². The summed E-state index contributed by atoms with van der Waals surface area (Å²) in [6.45, 7) is 5.03. The molecule has 3 amide bonds. The number of nitrogens with two attached hydrogens (primary N) is 2. The molecule has 0 aromatic rings. The van der Waals surface area contributed by atoms with Gasteiger partial charge in [0.1, 0.15) is 12.1 Å². The maximum atomic E-state index is 11.8. The minimum Gasteiger partial charge on any atom is -0.368 e. The normalized spacial score (nSPS) is 15.3. The highest BCUT2D eigenvalue weighted by atomic mass is 16.2. The molecule has 0 aromatic carbocycles. The molecule has 0 bridgehead atoms. The van der Waals surface area contributed by atoms with E-state index in [1.807, 2.05) is 13.8 Å². The summed E-state index contributed by atoms with van der Waals surface area (Å²) in [5.41, 5.74) is 10.3. The molecule has 0 heterocycles. The molecule has 0 fully saturated rings. The highest BCUT2D eigenvalue weighted by molar-refractivity contribution is 5.91. The van der Waals surface area contributed by atoms with Crippen molar-refractivity contribution in [3.05, 3.63) is 0 Å². The van der Waals surface area contributed by atoms with Crippen LogP contribution in [0.5, 0.6) is 0 Å². The smallest absolute Gasteiger partial charge is 0.242 e. The highest BCUT2D eigenvalue weighted by Crippen LogP contribution is 2.07. The van der Waals surface area contributed by atoms with Gasteiger partial charge >= 0.3 is 0 Å². The molecule has 104 valence electrons. The van der Waals surface area contributed by atoms with E-state index in [1.165, 1.54) is 6.92 Å². The first kappa shape index (κ1) is 16.4. The molecule has 3 atom stereocenters. The van der Waals surface area contributed by atoms with Crippen molar-refractivity contribution >= 4 is 17.7 Å². The lowest BCUT2D eigenvalue weighted by Gasteiger charge is -2.23. The molecule has 0 aliphatic carbocycles. The lowest BCUT2D eigenvalue weighted by Crippen LogP contribution is -2.54. The van der Waals surface area contributed by atoms with Gasteiger partial charge in [-0.15, -0.1) is 0 Å². The van der Waals surface area contributed by atoms with Crippen LogP contribution in [-0.4, -0.2) is 36.3 Å². The van der Waals surface area contributed by atoms with Crippen molar-refractivity contribution in [3.63, 3.8) is 0 Å². The third-order valence-corrected chi connectivity index (χ3v) is 2.77. The molecule has 0 aliphatic heterocycles. The molecule has 6 N–H and O–H groups in total. The molecule has 0 spiro atoms. The zero-order valence-corrected chi connectivity index (χ0v) is 11.0. The maximum absolute atomic E-state index is 11.8. The van der Waals surface area contributed by atoms with Crippen LogP contribution in [0.4, 0.5) is 0 Å². The molecule has 0 radical (unpaired) electrons. The molecule has 0 unspecified atom stereocenters. The van der Waals surface area contributed by atoms with Gasteiger partial charge in [-0.3, -0.25) is 14.4 Å². The Kier molecular flexibility index (Phi) is 6.96. The molecule has 7 heteroatoms. The highest BCUT2D eigenvalue weighted by Gasteiger charge is 2.26. The average molecular weight is 258 g/mol. The molecule has 0 rings (SSSR count). The van der Waals surface area contributed by atoms with E-state index in [0.29, 0.717) is 6.42 Å². The predicted molar refractivity (Wildman–Crippen MR) is 67.2 cm³/mol. The minimum absolute atomic E-state index is 0.0659. The summed E-state index contributed by atoms with van der Waals surface area (Å²) in [6.07, 6.45) is 0.706. The summed E-state index contributed by atoms with van der Waals surface area (Å²) in [5, 5.41) is 4.93.